The molecule has 0 aliphatic rings. The first-order valence-corrected chi connectivity index (χ1v) is 9.95. The summed E-state index contributed by atoms with van der Waals surface area (Å²) in [5, 5.41) is 3.77. The Kier molecular flexibility index (Phi) is 6.37. The molecule has 0 saturated carbocycles. The van der Waals surface area contributed by atoms with Crippen molar-refractivity contribution in [3.05, 3.63) is 65.4 Å². The summed E-state index contributed by atoms with van der Waals surface area (Å²) >= 11 is 0. The molecule has 1 amide bonds. The van der Waals surface area contributed by atoms with Crippen LogP contribution in [0.15, 0.2) is 53.1 Å². The number of nitrogens with one attached hydrogen (secondary N) is 1. The number of rotatable bonds is 7. The fourth-order valence-electron chi connectivity index (χ4n) is 3.27. The summed E-state index contributed by atoms with van der Waals surface area (Å²) in [6, 6.07) is 13.5. The summed E-state index contributed by atoms with van der Waals surface area (Å²) in [6.45, 7) is 7.78. The Morgan fingerprint density at radius 2 is 1.90 bits per heavy atom. The normalized spacial score (nSPS) is 13.1. The Bertz CT molecular complexity index is 1020. The van der Waals surface area contributed by atoms with Crippen molar-refractivity contribution in [2.45, 2.75) is 52.6 Å². The van der Waals surface area contributed by atoms with E-state index in [9.17, 15) is 9.59 Å². The van der Waals surface area contributed by atoms with Gasteiger partial charge < -0.3 is 14.5 Å². The molecule has 0 saturated heterocycles. The van der Waals surface area contributed by atoms with Crippen LogP contribution in [0.25, 0.3) is 11.0 Å². The van der Waals surface area contributed by atoms with Crippen LogP contribution in [0.3, 0.4) is 0 Å². The van der Waals surface area contributed by atoms with Crippen LogP contribution in [0.5, 0.6) is 0 Å². The third kappa shape index (κ3) is 4.86. The van der Waals surface area contributed by atoms with Crippen molar-refractivity contribution < 1.29 is 18.7 Å². The number of ether oxygens (including phenoxy) is 1. The highest BCUT2D eigenvalue weighted by Gasteiger charge is 2.21. The van der Waals surface area contributed by atoms with E-state index in [1.54, 1.807) is 13.2 Å². The first-order chi connectivity index (χ1) is 13.9. The van der Waals surface area contributed by atoms with Crippen LogP contribution in [0, 0.1) is 6.92 Å². The van der Waals surface area contributed by atoms with Crippen LogP contribution in [0.2, 0.25) is 0 Å². The summed E-state index contributed by atoms with van der Waals surface area (Å²) in [4.78, 5) is 24.9. The minimum atomic E-state index is -0.895. The van der Waals surface area contributed by atoms with E-state index < -0.39 is 12.1 Å². The van der Waals surface area contributed by atoms with Crippen molar-refractivity contribution in [3.8, 4) is 0 Å². The van der Waals surface area contributed by atoms with Crippen molar-refractivity contribution in [3.63, 3.8) is 0 Å². The summed E-state index contributed by atoms with van der Waals surface area (Å²) in [6.07, 6.45) is 1.69. The Hall–Kier alpha value is -3.08. The van der Waals surface area contributed by atoms with E-state index in [0.717, 1.165) is 39.8 Å². The molecular weight excluding hydrogens is 366 g/mol. The highest BCUT2D eigenvalue weighted by Crippen LogP contribution is 2.27. The van der Waals surface area contributed by atoms with Gasteiger partial charge in [-0.3, -0.25) is 9.59 Å². The molecule has 0 bridgehead atoms. The molecule has 29 heavy (non-hydrogen) atoms. The second-order valence-electron chi connectivity index (χ2n) is 7.46. The lowest BCUT2D eigenvalue weighted by atomic mass is 9.97. The predicted octanol–water partition coefficient (Wildman–Crippen LogP) is 5.37. The summed E-state index contributed by atoms with van der Waals surface area (Å²) in [5.74, 6) is -0.490. The second kappa shape index (κ2) is 8.95. The number of carbonyl (C=O) groups is 2. The number of esters is 1. The Morgan fingerprint density at radius 1 is 1.14 bits per heavy atom. The first kappa shape index (κ1) is 20.6. The number of para-hydroxylation sites is 1. The van der Waals surface area contributed by atoms with E-state index in [0.29, 0.717) is 5.92 Å². The fourth-order valence-corrected chi connectivity index (χ4v) is 3.27. The highest BCUT2D eigenvalue weighted by atomic mass is 16.5. The maximum Gasteiger partial charge on any atom is 0.311 e. The average Bonchev–Trinajstić information content (AvgIpc) is 3.09. The maximum absolute atomic E-state index is 12.6. The van der Waals surface area contributed by atoms with Gasteiger partial charge in [-0.15, -0.1) is 0 Å². The standard InChI is InChI=1S/C24H27NO4/c1-5-16(3)19-8-6-7-9-21(19)25-24(27)17(4)29-23(26)13-18-14-28-22-12-15(2)10-11-20(18)22/h6-12,14,16-17H,5,13H2,1-4H3,(H,25,27)/t16-,17-/m0/s1. The lowest BCUT2D eigenvalue weighted by Gasteiger charge is -2.18. The largest absolute Gasteiger partial charge is 0.464 e. The van der Waals surface area contributed by atoms with Gasteiger partial charge in [0.2, 0.25) is 0 Å². The van der Waals surface area contributed by atoms with Crippen molar-refractivity contribution in [1.29, 1.82) is 0 Å². The number of aryl methyl sites for hydroxylation is 1. The van der Waals surface area contributed by atoms with Gasteiger partial charge in [0, 0.05) is 16.6 Å². The molecular formula is C24H27NO4. The highest BCUT2D eigenvalue weighted by molar-refractivity contribution is 5.96. The molecule has 2 aromatic carbocycles. The maximum atomic E-state index is 12.6. The van der Waals surface area contributed by atoms with Crippen molar-refractivity contribution in [1.82, 2.24) is 0 Å². The Labute approximate surface area is 171 Å². The third-order valence-electron chi connectivity index (χ3n) is 5.19. The molecule has 0 unspecified atom stereocenters. The van der Waals surface area contributed by atoms with Gasteiger partial charge in [-0.2, -0.15) is 0 Å². The monoisotopic (exact) mass is 393 g/mol. The Balaban J connectivity index is 1.63. The van der Waals surface area contributed by atoms with E-state index in [-0.39, 0.29) is 12.3 Å². The van der Waals surface area contributed by atoms with E-state index in [2.05, 4.69) is 19.2 Å². The molecule has 1 heterocycles. The average molecular weight is 393 g/mol. The zero-order chi connectivity index (χ0) is 21.0. The van der Waals surface area contributed by atoms with E-state index >= 15 is 0 Å². The number of amides is 1. The lowest BCUT2D eigenvalue weighted by molar-refractivity contribution is -0.152. The van der Waals surface area contributed by atoms with Crippen molar-refractivity contribution in [2.24, 2.45) is 0 Å². The lowest BCUT2D eigenvalue weighted by Crippen LogP contribution is -2.30. The van der Waals surface area contributed by atoms with Gasteiger partial charge in [0.15, 0.2) is 6.10 Å². The second-order valence-corrected chi connectivity index (χ2v) is 7.46. The predicted molar refractivity (Wildman–Crippen MR) is 114 cm³/mol. The number of benzene rings is 2. The van der Waals surface area contributed by atoms with Crippen LogP contribution in [0.4, 0.5) is 5.69 Å². The zero-order valence-electron chi connectivity index (χ0n) is 17.3. The summed E-state index contributed by atoms with van der Waals surface area (Å²) in [7, 11) is 0. The summed E-state index contributed by atoms with van der Waals surface area (Å²) in [5.41, 5.74) is 4.40. The van der Waals surface area contributed by atoms with Gasteiger partial charge >= 0.3 is 5.97 Å². The van der Waals surface area contributed by atoms with E-state index in [4.69, 9.17) is 9.15 Å². The smallest absolute Gasteiger partial charge is 0.311 e. The van der Waals surface area contributed by atoms with Crippen LogP contribution < -0.4 is 5.32 Å². The van der Waals surface area contributed by atoms with Crippen molar-refractivity contribution >= 4 is 28.5 Å². The van der Waals surface area contributed by atoms with Gasteiger partial charge in [-0.05, 0) is 49.4 Å². The van der Waals surface area contributed by atoms with Gasteiger partial charge in [0.1, 0.15) is 5.58 Å². The number of hydrogen-bond donors (Lipinski definition) is 1. The molecule has 0 aliphatic carbocycles. The number of hydrogen-bond acceptors (Lipinski definition) is 4. The topological polar surface area (TPSA) is 68.5 Å². The molecule has 5 nitrogen and oxygen atoms in total. The molecule has 0 radical (unpaired) electrons. The molecule has 3 rings (SSSR count). The SMILES string of the molecule is CC[C@H](C)c1ccccc1NC(=O)[C@H](C)OC(=O)Cc1coc2cc(C)ccc12. The third-order valence-corrected chi connectivity index (χ3v) is 5.19. The molecule has 1 aromatic heterocycles. The van der Waals surface area contributed by atoms with Gasteiger partial charge in [0.05, 0.1) is 12.7 Å². The molecule has 0 fully saturated rings. The number of anilines is 1. The molecule has 0 aliphatic heterocycles. The number of fused-ring (bicyclic) bond motifs is 1. The van der Waals surface area contributed by atoms with Crippen LogP contribution in [-0.2, 0) is 20.7 Å². The number of carbonyl (C=O) groups excluding carboxylic acids is 2. The van der Waals surface area contributed by atoms with Gasteiger partial charge in [0.25, 0.3) is 5.91 Å². The first-order valence-electron chi connectivity index (χ1n) is 9.95. The van der Waals surface area contributed by atoms with Crippen molar-refractivity contribution in [2.75, 3.05) is 5.32 Å². The minimum Gasteiger partial charge on any atom is -0.464 e. The van der Waals surface area contributed by atoms with E-state index in [1.807, 2.05) is 49.4 Å². The minimum absolute atomic E-state index is 0.0527. The number of furan rings is 1. The Morgan fingerprint density at radius 3 is 2.66 bits per heavy atom. The fraction of sp³-hybridized carbons (Fsp3) is 0.333. The van der Waals surface area contributed by atoms with Crippen LogP contribution in [0.1, 0.15) is 49.8 Å². The molecule has 3 aromatic rings. The van der Waals surface area contributed by atoms with Gasteiger partial charge in [-0.25, -0.2) is 0 Å². The molecule has 5 heteroatoms. The molecule has 2 atom stereocenters. The zero-order valence-corrected chi connectivity index (χ0v) is 17.3. The van der Waals surface area contributed by atoms with Gasteiger partial charge in [-0.1, -0.05) is 44.2 Å². The summed E-state index contributed by atoms with van der Waals surface area (Å²) < 4.78 is 10.9. The quantitative estimate of drug-likeness (QED) is 0.548. The van der Waals surface area contributed by atoms with Crippen LogP contribution in [-0.4, -0.2) is 18.0 Å². The molecule has 152 valence electrons. The molecule has 0 spiro atoms. The van der Waals surface area contributed by atoms with Crippen LogP contribution >= 0.6 is 0 Å². The van der Waals surface area contributed by atoms with E-state index in [1.165, 1.54) is 0 Å². The molecule has 1 N–H and O–H groups in total.